The zero-order chi connectivity index (χ0) is 25.2. The van der Waals surface area contributed by atoms with E-state index in [0.717, 1.165) is 45.5 Å². The van der Waals surface area contributed by atoms with Gasteiger partial charge in [-0.15, -0.1) is 5.56 Å². The molecule has 5 rings (SSSR count). The van der Waals surface area contributed by atoms with Crippen molar-refractivity contribution in [3.05, 3.63) is 92.8 Å². The zero-order valence-corrected chi connectivity index (χ0v) is 24.6. The van der Waals surface area contributed by atoms with Crippen molar-refractivity contribution >= 4 is 11.0 Å². The number of nitrogens with zero attached hydrogens (tertiary/aromatic N) is 1. The maximum absolute atomic E-state index is 13.3. The van der Waals surface area contributed by atoms with E-state index in [0.29, 0.717) is 29.7 Å². The van der Waals surface area contributed by atoms with Gasteiger partial charge in [0.2, 0.25) is 0 Å². The van der Waals surface area contributed by atoms with Gasteiger partial charge in [0.05, 0.1) is 0 Å². The first-order valence-electron chi connectivity index (χ1n) is 12.6. The van der Waals surface area contributed by atoms with Crippen molar-refractivity contribution in [1.82, 2.24) is 4.90 Å². The first kappa shape index (κ1) is 27.6. The normalized spacial score (nSPS) is 13.6. The second-order valence-electron chi connectivity index (χ2n) is 9.75. The van der Waals surface area contributed by atoms with E-state index in [-0.39, 0.29) is 38.5 Å². The fourth-order valence-electron chi connectivity index (χ4n) is 5.17. The molecule has 3 aromatic carbocycles. The molecule has 1 N–H and O–H groups in total. The van der Waals surface area contributed by atoms with Crippen LogP contribution in [0.25, 0.3) is 22.1 Å². The molecule has 0 aliphatic carbocycles. The van der Waals surface area contributed by atoms with Gasteiger partial charge in [0.1, 0.15) is 23.7 Å². The van der Waals surface area contributed by atoms with Crippen LogP contribution in [0.5, 0.6) is 11.5 Å². The average molecular weight is 572 g/mol. The number of hydrogen-bond acceptors (Lipinski definition) is 5. The Morgan fingerprint density at radius 3 is 2.49 bits per heavy atom. The Balaban J connectivity index is 0.00000320. The molecule has 0 saturated carbocycles. The van der Waals surface area contributed by atoms with Crippen molar-refractivity contribution in [3.8, 4) is 22.6 Å². The van der Waals surface area contributed by atoms with Crippen LogP contribution in [0.4, 0.5) is 0 Å². The van der Waals surface area contributed by atoms with Crippen LogP contribution in [0.15, 0.2) is 57.7 Å². The van der Waals surface area contributed by atoms with Gasteiger partial charge >= 0.3 is 5.63 Å². The molecule has 1 aromatic heterocycles. The first-order valence-corrected chi connectivity index (χ1v) is 12.6. The third kappa shape index (κ3) is 5.84. The average Bonchev–Trinajstić information content (AvgIpc) is 3.39. The maximum atomic E-state index is 13.3. The minimum absolute atomic E-state index is 0. The van der Waals surface area contributed by atoms with Crippen molar-refractivity contribution < 1.29 is 47.0 Å². The molecule has 37 heavy (non-hydrogen) atoms. The standard InChI is InChI=1S/C31H32NO4.Y/c1-20-8-4-5-9-25(20)28-26(27-18-21(2)29(33)22(3)30(27)36-31(28)34)19-23-10-12-24(13-11-23)35-17-16-32-14-6-7-15-32;/h5,8-13,18,33H,6-7,14-17,19H2,1-3H3;/q-1;. The van der Waals surface area contributed by atoms with E-state index in [1.165, 1.54) is 25.9 Å². The summed E-state index contributed by atoms with van der Waals surface area (Å²) in [5, 5.41) is 11.3. The summed E-state index contributed by atoms with van der Waals surface area (Å²) >= 11 is 0. The number of phenolic OH excluding ortho intramolecular Hbond substituents is 1. The van der Waals surface area contributed by atoms with E-state index in [4.69, 9.17) is 9.15 Å². The monoisotopic (exact) mass is 571 g/mol. The Hall–Kier alpha value is -2.47. The van der Waals surface area contributed by atoms with E-state index in [9.17, 15) is 9.90 Å². The summed E-state index contributed by atoms with van der Waals surface area (Å²) in [5.74, 6) is 1.01. The number of aryl methyl sites for hydroxylation is 3. The quantitative estimate of drug-likeness (QED) is 0.219. The van der Waals surface area contributed by atoms with Gasteiger partial charge < -0.3 is 14.3 Å². The molecule has 1 saturated heterocycles. The number of rotatable bonds is 7. The van der Waals surface area contributed by atoms with Crippen molar-refractivity contribution in [3.63, 3.8) is 0 Å². The smallest absolute Gasteiger partial charge is 0.342 e. The molecule has 1 aliphatic heterocycles. The maximum Gasteiger partial charge on any atom is 0.342 e. The fraction of sp³-hybridized carbons (Fsp3) is 0.323. The molecule has 0 unspecified atom stereocenters. The molecule has 5 nitrogen and oxygen atoms in total. The topological polar surface area (TPSA) is 62.9 Å². The van der Waals surface area contributed by atoms with Gasteiger partial charge in [-0.2, -0.15) is 29.8 Å². The second kappa shape index (κ2) is 11.9. The van der Waals surface area contributed by atoms with Gasteiger partial charge in [-0.3, -0.25) is 4.90 Å². The van der Waals surface area contributed by atoms with Gasteiger partial charge in [0.15, 0.2) is 0 Å². The van der Waals surface area contributed by atoms with E-state index in [1.807, 2.05) is 50.2 Å². The third-order valence-corrected chi connectivity index (χ3v) is 7.22. The van der Waals surface area contributed by atoms with Crippen LogP contribution in [0.2, 0.25) is 0 Å². The van der Waals surface area contributed by atoms with Crippen molar-refractivity contribution in [2.75, 3.05) is 26.2 Å². The molecule has 0 bridgehead atoms. The SMILES string of the molecule is Cc1c[c-]ccc1-c1c(Cc2ccc(OCCN3CCCC3)cc2)c2cc(C)c(O)c(C)c2oc1=O.[Y]. The molecule has 6 heteroatoms. The Bertz CT molecular complexity index is 1450. The molecule has 189 valence electrons. The molecule has 0 amide bonds. The summed E-state index contributed by atoms with van der Waals surface area (Å²) in [4.78, 5) is 15.8. The Labute approximate surface area is 243 Å². The number of aromatic hydroxyl groups is 1. The number of ether oxygens (including phenoxy) is 1. The van der Waals surface area contributed by atoms with Crippen LogP contribution < -0.4 is 10.4 Å². The second-order valence-corrected chi connectivity index (χ2v) is 9.75. The number of fused-ring (bicyclic) bond motifs is 1. The molecule has 0 spiro atoms. The van der Waals surface area contributed by atoms with E-state index < -0.39 is 5.63 Å². The third-order valence-electron chi connectivity index (χ3n) is 7.22. The van der Waals surface area contributed by atoms with Crippen molar-refractivity contribution in [1.29, 1.82) is 0 Å². The van der Waals surface area contributed by atoms with E-state index >= 15 is 0 Å². The molecule has 0 atom stereocenters. The molecule has 2 heterocycles. The number of phenols is 1. The molecule has 1 aliphatic rings. The van der Waals surface area contributed by atoms with Crippen LogP contribution in [-0.2, 0) is 39.1 Å². The number of hydrogen-bond donors (Lipinski definition) is 1. The minimum atomic E-state index is -0.403. The minimum Gasteiger partial charge on any atom is -0.507 e. The van der Waals surface area contributed by atoms with E-state index in [1.54, 1.807) is 6.92 Å². The van der Waals surface area contributed by atoms with Crippen LogP contribution in [-0.4, -0.2) is 36.2 Å². The zero-order valence-electron chi connectivity index (χ0n) is 21.8. The summed E-state index contributed by atoms with van der Waals surface area (Å²) in [5.41, 5.74) is 5.68. The largest absolute Gasteiger partial charge is 0.507 e. The van der Waals surface area contributed by atoms with E-state index in [2.05, 4.69) is 23.1 Å². The van der Waals surface area contributed by atoms with Gasteiger partial charge in [-0.05, 0) is 81.1 Å². The van der Waals surface area contributed by atoms with Crippen LogP contribution in [0.1, 0.15) is 40.7 Å². The summed E-state index contributed by atoms with van der Waals surface area (Å²) in [6, 6.07) is 18.7. The van der Waals surface area contributed by atoms with Crippen molar-refractivity contribution in [2.24, 2.45) is 0 Å². The predicted octanol–water partition coefficient (Wildman–Crippen LogP) is 5.95. The van der Waals surface area contributed by atoms with Crippen LogP contribution >= 0.6 is 0 Å². The summed E-state index contributed by atoms with van der Waals surface area (Å²) < 4.78 is 11.8. The summed E-state index contributed by atoms with van der Waals surface area (Å²) in [6.07, 6.45) is 3.11. The molecule has 1 fully saturated rings. The molecular weight excluding hydrogens is 539 g/mol. The van der Waals surface area contributed by atoms with Crippen LogP contribution in [0.3, 0.4) is 0 Å². The van der Waals surface area contributed by atoms with Gasteiger partial charge in [0.25, 0.3) is 0 Å². The summed E-state index contributed by atoms with van der Waals surface area (Å²) in [6.45, 7) is 9.59. The van der Waals surface area contributed by atoms with Gasteiger partial charge in [0, 0.05) is 55.8 Å². The number of benzene rings is 3. The van der Waals surface area contributed by atoms with Crippen LogP contribution in [0, 0.1) is 26.8 Å². The summed E-state index contributed by atoms with van der Waals surface area (Å²) in [7, 11) is 0. The van der Waals surface area contributed by atoms with Gasteiger partial charge in [-0.1, -0.05) is 19.1 Å². The Morgan fingerprint density at radius 1 is 1.05 bits per heavy atom. The Kier molecular flexibility index (Phi) is 8.89. The first-order chi connectivity index (χ1) is 17.4. The van der Waals surface area contributed by atoms with Gasteiger partial charge in [-0.25, -0.2) is 4.79 Å². The predicted molar refractivity (Wildman–Crippen MR) is 143 cm³/mol. The number of likely N-dealkylation sites (tertiary alicyclic amines) is 1. The van der Waals surface area contributed by atoms with Crippen molar-refractivity contribution in [2.45, 2.75) is 40.0 Å². The Morgan fingerprint density at radius 2 is 1.78 bits per heavy atom. The fourth-order valence-corrected chi connectivity index (χ4v) is 5.17. The molecular formula is C31H32NO4Y-. The molecule has 1 radical (unpaired) electrons. The molecule has 4 aromatic rings.